The molecule has 3 heterocycles. The van der Waals surface area contributed by atoms with Crippen LogP contribution in [0.15, 0.2) is 60.9 Å². The molecular weight excluding hydrogens is 430 g/mol. The minimum atomic E-state index is -0.588. The third-order valence-corrected chi connectivity index (χ3v) is 6.56. The van der Waals surface area contributed by atoms with Crippen molar-refractivity contribution in [2.75, 3.05) is 5.32 Å². The van der Waals surface area contributed by atoms with Crippen LogP contribution < -0.4 is 10.6 Å². The summed E-state index contributed by atoms with van der Waals surface area (Å²) in [6.07, 6.45) is 3.43. The smallest absolute Gasteiger partial charge is 0.255 e. The first-order chi connectivity index (χ1) is 15.0. The molecule has 1 aromatic carbocycles. The quantitative estimate of drug-likeness (QED) is 0.440. The molecule has 0 aliphatic rings. The molecule has 0 aliphatic carbocycles. The second kappa shape index (κ2) is 9.23. The van der Waals surface area contributed by atoms with Crippen molar-refractivity contribution in [1.82, 2.24) is 20.1 Å². The molecule has 9 heteroatoms. The van der Waals surface area contributed by atoms with E-state index in [-0.39, 0.29) is 11.8 Å². The van der Waals surface area contributed by atoms with E-state index in [1.54, 1.807) is 34.5 Å². The normalized spacial score (nSPS) is 11.8. The summed E-state index contributed by atoms with van der Waals surface area (Å²) in [5, 5.41) is 10.6. The Morgan fingerprint density at radius 1 is 1.10 bits per heavy atom. The number of carbonyl (C=O) groups excluding carboxylic acids is 2. The van der Waals surface area contributed by atoms with Gasteiger partial charge in [-0.3, -0.25) is 19.6 Å². The molecule has 7 nitrogen and oxygen atoms in total. The van der Waals surface area contributed by atoms with Crippen molar-refractivity contribution in [2.45, 2.75) is 26.4 Å². The van der Waals surface area contributed by atoms with Gasteiger partial charge in [-0.25, -0.2) is 4.98 Å². The summed E-state index contributed by atoms with van der Waals surface area (Å²) in [6, 6.07) is 14.7. The third kappa shape index (κ3) is 4.89. The molecule has 4 aromatic rings. The largest absolute Gasteiger partial charge is 0.351 e. The van der Waals surface area contributed by atoms with Gasteiger partial charge in [-0.15, -0.1) is 22.7 Å². The van der Waals surface area contributed by atoms with Crippen LogP contribution in [0.1, 0.15) is 28.3 Å². The van der Waals surface area contributed by atoms with Crippen molar-refractivity contribution >= 4 is 39.6 Å². The monoisotopic (exact) mass is 451 g/mol. The van der Waals surface area contributed by atoms with Gasteiger partial charge >= 0.3 is 0 Å². The lowest BCUT2D eigenvalue weighted by Gasteiger charge is -2.16. The molecule has 31 heavy (non-hydrogen) atoms. The SMILES string of the molecule is CC(=O)NCc1ccc(-c2nc(NC(=O)C(c3ccccc3)n3cccn3)sc2C)s1. The maximum absolute atomic E-state index is 13.2. The highest BCUT2D eigenvalue weighted by Crippen LogP contribution is 2.35. The van der Waals surface area contributed by atoms with E-state index in [0.29, 0.717) is 11.7 Å². The van der Waals surface area contributed by atoms with Gasteiger partial charge in [0.15, 0.2) is 11.2 Å². The maximum atomic E-state index is 13.2. The molecule has 0 radical (unpaired) electrons. The molecule has 0 bridgehead atoms. The predicted octanol–water partition coefficient (Wildman–Crippen LogP) is 4.24. The van der Waals surface area contributed by atoms with Gasteiger partial charge in [0, 0.05) is 29.1 Å². The van der Waals surface area contributed by atoms with Crippen molar-refractivity contribution < 1.29 is 9.59 Å². The molecule has 0 spiro atoms. The summed E-state index contributed by atoms with van der Waals surface area (Å²) in [6.45, 7) is 3.98. The number of nitrogens with one attached hydrogen (secondary N) is 2. The molecule has 158 valence electrons. The second-order valence-corrected chi connectivity index (χ2v) is 9.26. The Labute approximate surface area is 187 Å². The van der Waals surface area contributed by atoms with Crippen molar-refractivity contribution in [3.63, 3.8) is 0 Å². The van der Waals surface area contributed by atoms with Gasteiger partial charge in [0.05, 0.1) is 17.1 Å². The van der Waals surface area contributed by atoms with Gasteiger partial charge in [0.25, 0.3) is 5.91 Å². The summed E-state index contributed by atoms with van der Waals surface area (Å²) in [4.78, 5) is 32.0. The molecule has 0 aliphatic heterocycles. The van der Waals surface area contributed by atoms with Crippen molar-refractivity contribution in [2.24, 2.45) is 0 Å². The standard InChI is InChI=1S/C22H21N5O2S2/c1-14-19(18-10-9-17(31-18)13-23-15(2)28)25-22(30-14)26-21(29)20(27-12-6-11-24-27)16-7-4-3-5-8-16/h3-12,20H,13H2,1-2H3,(H,23,28)(H,25,26,29). The number of benzene rings is 1. The predicted molar refractivity (Wildman–Crippen MR) is 123 cm³/mol. The Morgan fingerprint density at radius 3 is 2.61 bits per heavy atom. The lowest BCUT2D eigenvalue weighted by atomic mass is 10.1. The lowest BCUT2D eigenvalue weighted by molar-refractivity contribution is -0.119. The van der Waals surface area contributed by atoms with Gasteiger partial charge < -0.3 is 5.32 Å². The number of thiazole rings is 1. The summed E-state index contributed by atoms with van der Waals surface area (Å²) < 4.78 is 1.64. The zero-order valence-electron chi connectivity index (χ0n) is 17.0. The lowest BCUT2D eigenvalue weighted by Crippen LogP contribution is -2.27. The van der Waals surface area contributed by atoms with E-state index < -0.39 is 6.04 Å². The van der Waals surface area contributed by atoms with Crippen LogP contribution in [0.4, 0.5) is 5.13 Å². The number of amides is 2. The minimum Gasteiger partial charge on any atom is -0.351 e. The van der Waals surface area contributed by atoms with E-state index in [1.807, 2.05) is 49.4 Å². The molecule has 2 amide bonds. The number of thiophene rings is 1. The van der Waals surface area contributed by atoms with Crippen LogP contribution in [0.3, 0.4) is 0 Å². The highest BCUT2D eigenvalue weighted by molar-refractivity contribution is 7.18. The topological polar surface area (TPSA) is 88.9 Å². The molecule has 1 unspecified atom stereocenters. The van der Waals surface area contributed by atoms with Crippen LogP contribution in [0.25, 0.3) is 10.6 Å². The summed E-state index contributed by atoms with van der Waals surface area (Å²) in [7, 11) is 0. The minimum absolute atomic E-state index is 0.0602. The molecule has 0 fully saturated rings. The van der Waals surface area contributed by atoms with Gasteiger partial charge in [0.1, 0.15) is 0 Å². The van der Waals surface area contributed by atoms with Crippen LogP contribution in [0.2, 0.25) is 0 Å². The van der Waals surface area contributed by atoms with E-state index in [1.165, 1.54) is 18.3 Å². The zero-order valence-corrected chi connectivity index (χ0v) is 18.7. The number of aryl methyl sites for hydroxylation is 1. The van der Waals surface area contributed by atoms with Crippen LogP contribution in [-0.4, -0.2) is 26.6 Å². The number of carbonyl (C=O) groups is 2. The molecule has 3 aromatic heterocycles. The van der Waals surface area contributed by atoms with E-state index in [4.69, 9.17) is 0 Å². The van der Waals surface area contributed by atoms with Crippen LogP contribution in [0, 0.1) is 6.92 Å². The Bertz CT molecular complexity index is 1180. The number of anilines is 1. The van der Waals surface area contributed by atoms with Crippen LogP contribution in [0.5, 0.6) is 0 Å². The number of hydrogen-bond donors (Lipinski definition) is 2. The van der Waals surface area contributed by atoms with Crippen molar-refractivity contribution in [3.05, 3.63) is 76.2 Å². The highest BCUT2D eigenvalue weighted by Gasteiger charge is 2.24. The first-order valence-corrected chi connectivity index (χ1v) is 11.3. The van der Waals surface area contributed by atoms with Crippen molar-refractivity contribution in [1.29, 1.82) is 0 Å². The maximum Gasteiger partial charge on any atom is 0.255 e. The van der Waals surface area contributed by atoms with Gasteiger partial charge in [-0.2, -0.15) is 5.10 Å². The molecule has 1 atom stereocenters. The van der Waals surface area contributed by atoms with E-state index >= 15 is 0 Å². The fourth-order valence-corrected chi connectivity index (χ4v) is 5.05. The number of rotatable bonds is 7. The average molecular weight is 452 g/mol. The molecule has 0 saturated heterocycles. The first-order valence-electron chi connectivity index (χ1n) is 9.67. The second-order valence-electron chi connectivity index (χ2n) is 6.89. The highest BCUT2D eigenvalue weighted by atomic mass is 32.1. The van der Waals surface area contributed by atoms with Crippen LogP contribution in [-0.2, 0) is 16.1 Å². The summed E-state index contributed by atoms with van der Waals surface area (Å²) >= 11 is 3.02. The molecule has 4 rings (SSSR count). The molecule has 0 saturated carbocycles. The Hall–Kier alpha value is -3.30. The van der Waals surface area contributed by atoms with Gasteiger partial charge in [-0.05, 0) is 30.7 Å². The van der Waals surface area contributed by atoms with Crippen molar-refractivity contribution in [3.8, 4) is 10.6 Å². The van der Waals surface area contributed by atoms with Gasteiger partial charge in [0.2, 0.25) is 5.91 Å². The number of nitrogens with zero attached hydrogens (tertiary/aromatic N) is 3. The molecular formula is C22H21N5O2S2. The fraction of sp³-hybridized carbons (Fsp3) is 0.182. The number of aromatic nitrogens is 3. The summed E-state index contributed by atoms with van der Waals surface area (Å²) in [5.74, 6) is -0.261. The zero-order chi connectivity index (χ0) is 21.8. The third-order valence-electron chi connectivity index (χ3n) is 4.59. The first kappa shape index (κ1) is 21.0. The fourth-order valence-electron chi connectivity index (χ4n) is 3.16. The van der Waals surface area contributed by atoms with E-state index in [0.717, 1.165) is 25.9 Å². The Morgan fingerprint density at radius 2 is 1.90 bits per heavy atom. The van der Waals surface area contributed by atoms with Crippen LogP contribution >= 0.6 is 22.7 Å². The molecule has 2 N–H and O–H groups in total. The average Bonchev–Trinajstić information content (AvgIpc) is 3.49. The summed E-state index contributed by atoms with van der Waals surface area (Å²) in [5.41, 5.74) is 1.69. The Balaban J connectivity index is 1.54. The van der Waals surface area contributed by atoms with E-state index in [2.05, 4.69) is 20.7 Å². The number of hydrogen-bond acceptors (Lipinski definition) is 6. The van der Waals surface area contributed by atoms with Gasteiger partial charge in [-0.1, -0.05) is 30.3 Å². The Kier molecular flexibility index (Phi) is 6.24. The van der Waals surface area contributed by atoms with E-state index in [9.17, 15) is 9.59 Å².